The number of nitrogens with zero attached hydrogens (tertiary/aromatic N) is 3. The summed E-state index contributed by atoms with van der Waals surface area (Å²) in [5, 5.41) is 141. The van der Waals surface area contributed by atoms with Gasteiger partial charge in [-0.3, -0.25) is 38.7 Å². The first-order chi connectivity index (χ1) is 29.1. The Morgan fingerprint density at radius 2 is 0.921 bits per heavy atom. The fraction of sp³-hybridized carbons (Fsp3) is 0.694. The van der Waals surface area contributed by atoms with Crippen molar-refractivity contribution in [3.8, 4) is 0 Å². The first kappa shape index (κ1) is 64.5. The van der Waals surface area contributed by atoms with Crippen LogP contribution in [0.2, 0.25) is 0 Å². The van der Waals surface area contributed by atoms with Gasteiger partial charge in [0.15, 0.2) is 0 Å². The third-order valence-electron chi connectivity index (χ3n) is 8.44. The van der Waals surface area contributed by atoms with Crippen molar-refractivity contribution >= 4 is 29.8 Å². The van der Waals surface area contributed by atoms with Gasteiger partial charge in [-0.05, 0) is 19.7 Å². The molecule has 9 atom stereocenters. The summed E-state index contributed by atoms with van der Waals surface area (Å²) in [6.45, 7) is -3.99. The van der Waals surface area contributed by atoms with Crippen molar-refractivity contribution in [1.82, 2.24) is 25.3 Å². The Kier molecular flexibility index (Phi) is 38.4. The average Bonchev–Trinajstić information content (AvgIpc) is 3.21. The van der Waals surface area contributed by atoms with Gasteiger partial charge >= 0.3 is 29.8 Å². The van der Waals surface area contributed by atoms with E-state index in [9.17, 15) is 49.5 Å². The summed E-state index contributed by atoms with van der Waals surface area (Å²) in [6, 6.07) is 7.62. The van der Waals surface area contributed by atoms with Gasteiger partial charge in [0.2, 0.25) is 0 Å². The second-order valence-electron chi connectivity index (χ2n) is 13.6. The summed E-state index contributed by atoms with van der Waals surface area (Å²) in [6.07, 6.45) is -11.3. The molecule has 0 saturated carbocycles. The maximum absolute atomic E-state index is 11.9. The Balaban J connectivity index is -0.00000109. The van der Waals surface area contributed by atoms with Crippen LogP contribution in [0.3, 0.4) is 0 Å². The number of aliphatic carboxylic acids is 5. The first-order valence-corrected chi connectivity index (χ1v) is 18.9. The van der Waals surface area contributed by atoms with Crippen LogP contribution in [-0.2, 0) is 35.3 Å². The summed E-state index contributed by atoms with van der Waals surface area (Å²) in [7, 11) is 3.15. The zero-order valence-corrected chi connectivity index (χ0v) is 37.1. The fourth-order valence-electron chi connectivity index (χ4n) is 5.11. The molecule has 1 rings (SSSR count). The predicted molar refractivity (Wildman–Crippen MR) is 213 cm³/mol. The van der Waals surface area contributed by atoms with Crippen molar-refractivity contribution in [2.24, 2.45) is 0 Å². The number of rotatable bonds is 32. The predicted octanol–water partition coefficient (Wildman–Crippen LogP) is -7.82. The van der Waals surface area contributed by atoms with Crippen LogP contribution in [0, 0.1) is 39.9 Å². The topological polar surface area (TPSA) is 432 Å². The van der Waals surface area contributed by atoms with Gasteiger partial charge in [-0.25, -0.2) is 0 Å². The largest absolute Gasteiger partial charge is 0.480 e. The molecule has 0 bridgehead atoms. The summed E-state index contributed by atoms with van der Waals surface area (Å²) < 4.78 is 5.49. The Morgan fingerprint density at radius 3 is 1.29 bits per heavy atom. The number of nitrogens with one attached hydrogen (secondary N) is 2. The maximum atomic E-state index is 11.9. The summed E-state index contributed by atoms with van der Waals surface area (Å²) in [4.78, 5) is 60.1. The van der Waals surface area contributed by atoms with Gasteiger partial charge in [-0.2, -0.15) is 0 Å². The van der Waals surface area contributed by atoms with Crippen LogP contribution < -0.4 is 10.6 Å². The van der Waals surface area contributed by atoms with Gasteiger partial charge in [0.1, 0.15) is 42.7 Å². The van der Waals surface area contributed by atoms with Crippen LogP contribution in [0.1, 0.15) is 5.56 Å². The van der Waals surface area contributed by atoms with Gasteiger partial charge in [-0.15, -0.1) is 0 Å². The van der Waals surface area contributed by atoms with E-state index in [2.05, 4.69) is 10.6 Å². The summed E-state index contributed by atoms with van der Waals surface area (Å²) in [5.74, 6) is -6.34. The molecule has 0 amide bonds. The fourth-order valence-corrected chi connectivity index (χ4v) is 5.11. The van der Waals surface area contributed by atoms with Gasteiger partial charge < -0.3 is 92.0 Å². The van der Waals surface area contributed by atoms with Gasteiger partial charge in [0.05, 0.1) is 64.8 Å². The first-order valence-electron chi connectivity index (χ1n) is 18.9. The van der Waals surface area contributed by atoms with Gasteiger partial charge in [0, 0.05) is 79.2 Å². The van der Waals surface area contributed by atoms with Crippen molar-refractivity contribution in [1.29, 1.82) is 0 Å². The van der Waals surface area contributed by atoms with E-state index in [1.54, 1.807) is 38.4 Å². The van der Waals surface area contributed by atoms with Crippen LogP contribution >= 0.6 is 0 Å². The zero-order valence-electron chi connectivity index (χ0n) is 34.8. The molecular formula is C36H65GdN5O21. The molecule has 0 aromatic heterocycles. The molecule has 0 aliphatic heterocycles. The quantitative estimate of drug-likeness (QED) is 0.0319. The molecule has 17 N–H and O–H groups in total. The van der Waals surface area contributed by atoms with Crippen LogP contribution in [0.5, 0.6) is 0 Å². The van der Waals surface area contributed by atoms with Crippen LogP contribution in [-0.4, -0.2) is 275 Å². The van der Waals surface area contributed by atoms with Crippen LogP contribution in [0.15, 0.2) is 30.3 Å². The molecular weight excluding hydrogens is 996 g/mol. The van der Waals surface area contributed by atoms with Crippen molar-refractivity contribution in [3.05, 3.63) is 35.9 Å². The minimum atomic E-state index is -1.55. The third-order valence-corrected chi connectivity index (χ3v) is 8.44. The molecule has 368 valence electrons. The van der Waals surface area contributed by atoms with E-state index < -0.39 is 124 Å². The van der Waals surface area contributed by atoms with Crippen molar-refractivity contribution in [3.63, 3.8) is 0 Å². The zero-order chi connectivity index (χ0) is 47.9. The second kappa shape index (κ2) is 37.5. The monoisotopic (exact) mass is 1060 g/mol. The number of hydrogen-bond acceptors (Lipinski definition) is 21. The van der Waals surface area contributed by atoms with E-state index in [1.807, 2.05) is 6.07 Å². The number of benzene rings is 1. The molecule has 1 unspecified atom stereocenters. The number of ether oxygens (including phenoxy) is 1. The molecule has 0 heterocycles. The molecule has 1 aromatic rings. The molecule has 27 heteroatoms. The number of carboxylic acids is 5. The number of aliphatic hydroxyl groups is 10. The molecule has 63 heavy (non-hydrogen) atoms. The van der Waals surface area contributed by atoms with E-state index in [-0.39, 0.29) is 92.4 Å². The van der Waals surface area contributed by atoms with E-state index in [0.717, 1.165) is 15.4 Å². The minimum absolute atomic E-state index is 0. The third kappa shape index (κ3) is 30.9. The van der Waals surface area contributed by atoms with E-state index in [0.29, 0.717) is 0 Å². The smallest absolute Gasteiger partial charge is 0.323 e. The molecule has 0 radical (unpaired) electrons. The maximum Gasteiger partial charge on any atom is 0.323 e. The molecule has 0 fully saturated rings. The summed E-state index contributed by atoms with van der Waals surface area (Å²) in [5.41, 5.74) is 0.798. The molecule has 1 aromatic carbocycles. The Labute approximate surface area is 395 Å². The normalized spacial score (nSPS) is 15.5. The second-order valence-corrected chi connectivity index (χ2v) is 13.6. The minimum Gasteiger partial charge on any atom is -0.480 e. The van der Waals surface area contributed by atoms with Crippen molar-refractivity contribution in [2.75, 3.05) is 99.4 Å². The molecule has 0 aliphatic carbocycles. The molecule has 26 nitrogen and oxygen atoms in total. The Hall–Kier alpha value is -2.75. The number of carbonyl (C=O) groups is 5. The standard InChI is InChI=1S/C22H31N3O11.2C7H17NO5.Gd/c26-18(27)10-23(6-7-24(11-19(28)29)12-20(30)31)8-9-25(13-21(32)33)17(22(34)35)15-36-14-16-4-2-1-3-5-16;2*1-8-2-4(10)6(12)7(13)5(11)3-9;/h1-5,17H,6-15H2,(H,26,27)(H,28,29)(H,30,31)(H,32,33)(H,34,35);2*4-13H,2-3H2,1H3;/t;2*4-,5+,6+,7+;/m.00./s1. The number of likely N-dealkylation sites (N-methyl/N-ethyl adjacent to an activating group) is 2. The number of aliphatic hydroxyl groups excluding tert-OH is 10. The molecule has 0 saturated heterocycles. The number of carboxylic acid groups (broad SMARTS) is 5. The van der Waals surface area contributed by atoms with Crippen molar-refractivity contribution < 1.29 is 145 Å². The Bertz CT molecular complexity index is 1350. The SMILES string of the molecule is CNC[C@H](O)[C@@H](O)[C@H](O)[C@H](O)CO.CNC[C@H](O)[C@@H](O)[C@H](O)[C@H](O)CO.O=C(O)CN(CCN(CC(=O)O)CC(=O)O)CCN(CC(=O)O)C(COCc1ccccc1)C(=O)O.[Gd]. The van der Waals surface area contributed by atoms with E-state index in [4.69, 9.17) is 55.8 Å². The van der Waals surface area contributed by atoms with Gasteiger partial charge in [0.25, 0.3) is 0 Å². The van der Waals surface area contributed by atoms with Crippen LogP contribution in [0.25, 0.3) is 0 Å². The van der Waals surface area contributed by atoms with E-state index in [1.165, 1.54) is 4.90 Å². The number of hydrogen-bond donors (Lipinski definition) is 17. The van der Waals surface area contributed by atoms with Crippen molar-refractivity contribution in [2.45, 2.75) is 61.5 Å². The van der Waals surface area contributed by atoms with Crippen LogP contribution in [0.4, 0.5) is 0 Å². The summed E-state index contributed by atoms with van der Waals surface area (Å²) >= 11 is 0. The van der Waals surface area contributed by atoms with Gasteiger partial charge in [-0.1, -0.05) is 30.3 Å². The Morgan fingerprint density at radius 1 is 0.556 bits per heavy atom. The molecule has 0 spiro atoms. The average molecular weight is 1060 g/mol. The molecule has 0 aliphatic rings. The van der Waals surface area contributed by atoms with E-state index >= 15 is 0 Å².